The first-order chi connectivity index (χ1) is 12.0. The fourth-order valence-corrected chi connectivity index (χ4v) is 2.73. The van der Waals surface area contributed by atoms with Gasteiger partial charge >= 0.3 is 0 Å². The van der Waals surface area contributed by atoms with E-state index in [1.165, 1.54) is 0 Å². The molecule has 0 amide bonds. The number of rotatable bonds is 6. The first-order valence-corrected chi connectivity index (χ1v) is 8.50. The molecule has 0 aliphatic carbocycles. The maximum Gasteiger partial charge on any atom is 0.225 e. The molecule has 7 nitrogen and oxygen atoms in total. The second-order valence-electron chi connectivity index (χ2n) is 6.14. The number of hydrogen-bond donors (Lipinski definition) is 1. The van der Waals surface area contributed by atoms with Gasteiger partial charge in [0, 0.05) is 13.3 Å². The molecule has 0 saturated carbocycles. The van der Waals surface area contributed by atoms with E-state index in [-0.39, 0.29) is 11.2 Å². The molecule has 0 saturated heterocycles. The van der Waals surface area contributed by atoms with Gasteiger partial charge in [0.25, 0.3) is 0 Å². The molecule has 0 fully saturated rings. The van der Waals surface area contributed by atoms with Crippen LogP contribution in [0, 0.1) is 6.92 Å². The Morgan fingerprint density at radius 1 is 1.28 bits per heavy atom. The van der Waals surface area contributed by atoms with Crippen molar-refractivity contribution in [3.8, 4) is 0 Å². The average Bonchev–Trinajstić information content (AvgIpc) is 2.94. The summed E-state index contributed by atoms with van der Waals surface area (Å²) in [4.78, 5) is 13.1. The van der Waals surface area contributed by atoms with Crippen molar-refractivity contribution in [1.82, 2.24) is 24.7 Å². The highest BCUT2D eigenvalue weighted by Gasteiger charge is 2.20. The smallest absolute Gasteiger partial charge is 0.225 e. The number of anilines is 2. The minimum atomic E-state index is 0.176. The van der Waals surface area contributed by atoms with Crippen molar-refractivity contribution >= 4 is 34.3 Å². The van der Waals surface area contributed by atoms with Gasteiger partial charge in [0.1, 0.15) is 16.9 Å². The molecule has 3 rings (SSSR count). The lowest BCUT2D eigenvalue weighted by Crippen LogP contribution is -2.08. The molecule has 0 unspecified atom stereocenters. The van der Waals surface area contributed by atoms with Gasteiger partial charge in [-0.25, -0.2) is 9.97 Å². The lowest BCUT2D eigenvalue weighted by atomic mass is 10.1. The van der Waals surface area contributed by atoms with E-state index in [2.05, 4.69) is 34.1 Å². The molecule has 25 heavy (non-hydrogen) atoms. The fraction of sp³-hybridized carbons (Fsp3) is 0.412. The van der Waals surface area contributed by atoms with Crippen LogP contribution < -0.4 is 5.32 Å². The summed E-state index contributed by atoms with van der Waals surface area (Å²) in [5.41, 5.74) is 3.52. The maximum atomic E-state index is 6.16. The third-order valence-electron chi connectivity index (χ3n) is 3.80. The second-order valence-corrected chi connectivity index (χ2v) is 6.48. The summed E-state index contributed by atoms with van der Waals surface area (Å²) >= 11 is 6.16. The van der Waals surface area contributed by atoms with Crippen molar-refractivity contribution in [2.75, 3.05) is 19.0 Å². The van der Waals surface area contributed by atoms with Gasteiger partial charge in [0.05, 0.1) is 18.8 Å². The van der Waals surface area contributed by atoms with E-state index in [9.17, 15) is 0 Å². The van der Waals surface area contributed by atoms with E-state index in [0.717, 1.165) is 22.3 Å². The summed E-state index contributed by atoms with van der Waals surface area (Å²) in [6.07, 6.45) is 1.80. The molecule has 8 heteroatoms. The molecule has 0 aromatic carbocycles. The zero-order valence-corrected chi connectivity index (χ0v) is 15.5. The molecule has 3 aromatic heterocycles. The molecule has 1 N–H and O–H groups in total. The van der Waals surface area contributed by atoms with Crippen molar-refractivity contribution in [1.29, 1.82) is 0 Å². The van der Waals surface area contributed by atoms with E-state index in [1.54, 1.807) is 13.3 Å². The first-order valence-electron chi connectivity index (χ1n) is 8.12. The number of nitrogens with one attached hydrogen (secondary N) is 1. The van der Waals surface area contributed by atoms with E-state index in [1.807, 2.05) is 23.7 Å². The fourth-order valence-electron chi connectivity index (χ4n) is 2.56. The van der Waals surface area contributed by atoms with Crippen LogP contribution in [0.15, 0.2) is 18.3 Å². The van der Waals surface area contributed by atoms with Crippen molar-refractivity contribution in [3.63, 3.8) is 0 Å². The molecule has 0 aliphatic heterocycles. The van der Waals surface area contributed by atoms with Crippen LogP contribution in [-0.2, 0) is 11.3 Å². The molecule has 0 bridgehead atoms. The molecule has 0 spiro atoms. The Morgan fingerprint density at radius 2 is 2.08 bits per heavy atom. The number of pyridine rings is 1. The standard InChI is InChI=1S/C17H21ClN6O/c1-10(2)13-14-15(24(23-13)7-8-25-4)16(22-17(18)21-14)20-12-6-5-11(3)9-19-12/h5-6,9-10H,7-8H2,1-4H3,(H,19,20,21,22). The third kappa shape index (κ3) is 3.72. The van der Waals surface area contributed by atoms with Crippen molar-refractivity contribution in [3.05, 3.63) is 34.9 Å². The van der Waals surface area contributed by atoms with Crippen LogP contribution in [0.3, 0.4) is 0 Å². The highest BCUT2D eigenvalue weighted by molar-refractivity contribution is 6.28. The van der Waals surface area contributed by atoms with Gasteiger partial charge in [-0.3, -0.25) is 4.68 Å². The Morgan fingerprint density at radius 3 is 2.72 bits per heavy atom. The molecule has 3 aromatic rings. The summed E-state index contributed by atoms with van der Waals surface area (Å²) in [6, 6.07) is 3.88. The minimum Gasteiger partial charge on any atom is -0.383 e. The largest absolute Gasteiger partial charge is 0.383 e. The summed E-state index contributed by atoms with van der Waals surface area (Å²) in [6.45, 7) is 7.28. The molecule has 0 aliphatic rings. The third-order valence-corrected chi connectivity index (χ3v) is 3.97. The van der Waals surface area contributed by atoms with Crippen LogP contribution in [0.1, 0.15) is 31.0 Å². The van der Waals surface area contributed by atoms with Crippen molar-refractivity contribution in [2.24, 2.45) is 0 Å². The molecule has 0 atom stereocenters. The lowest BCUT2D eigenvalue weighted by molar-refractivity contribution is 0.184. The number of hydrogen-bond acceptors (Lipinski definition) is 6. The molecule has 132 valence electrons. The number of fused-ring (bicyclic) bond motifs is 1. The first kappa shape index (κ1) is 17.6. The van der Waals surface area contributed by atoms with Gasteiger partial charge < -0.3 is 10.1 Å². The SMILES string of the molecule is COCCn1nc(C(C)C)c2nc(Cl)nc(Nc3ccc(C)cn3)c21. The Hall–Kier alpha value is -2.25. The number of methoxy groups -OCH3 is 1. The van der Waals surface area contributed by atoms with Gasteiger partial charge in [-0.1, -0.05) is 19.9 Å². The Bertz CT molecular complexity index is 875. The predicted octanol–water partition coefficient (Wildman–Crippen LogP) is 3.70. The van der Waals surface area contributed by atoms with Crippen molar-refractivity contribution < 1.29 is 4.74 Å². The normalized spacial score (nSPS) is 11.4. The summed E-state index contributed by atoms with van der Waals surface area (Å²) in [5, 5.41) is 8.11. The van der Waals surface area contributed by atoms with Crippen LogP contribution in [0.4, 0.5) is 11.6 Å². The van der Waals surface area contributed by atoms with Gasteiger partial charge in [-0.15, -0.1) is 0 Å². The quantitative estimate of drug-likeness (QED) is 0.675. The van der Waals surface area contributed by atoms with Crippen LogP contribution in [0.25, 0.3) is 11.0 Å². The predicted molar refractivity (Wildman–Crippen MR) is 98.6 cm³/mol. The zero-order valence-electron chi connectivity index (χ0n) is 14.7. The second kappa shape index (κ2) is 7.33. The number of halogens is 1. The highest BCUT2D eigenvalue weighted by atomic mass is 35.5. The summed E-state index contributed by atoms with van der Waals surface area (Å²) < 4.78 is 7.06. The summed E-state index contributed by atoms with van der Waals surface area (Å²) in [5.74, 6) is 1.48. The lowest BCUT2D eigenvalue weighted by Gasteiger charge is -2.09. The minimum absolute atomic E-state index is 0.176. The molecular formula is C17H21ClN6O. The van der Waals surface area contributed by atoms with E-state index in [4.69, 9.17) is 21.4 Å². The number of aryl methyl sites for hydroxylation is 1. The number of ether oxygens (including phenoxy) is 1. The monoisotopic (exact) mass is 360 g/mol. The number of aromatic nitrogens is 5. The van der Waals surface area contributed by atoms with Gasteiger partial charge in [0.15, 0.2) is 5.82 Å². The molecule has 3 heterocycles. The van der Waals surface area contributed by atoms with E-state index >= 15 is 0 Å². The zero-order chi connectivity index (χ0) is 18.0. The molecular weight excluding hydrogens is 340 g/mol. The Labute approximate surface area is 151 Å². The topological polar surface area (TPSA) is 77.8 Å². The van der Waals surface area contributed by atoms with Crippen LogP contribution in [0.2, 0.25) is 5.28 Å². The van der Waals surface area contributed by atoms with E-state index in [0.29, 0.717) is 24.8 Å². The Balaban J connectivity index is 2.13. The number of nitrogens with zero attached hydrogens (tertiary/aromatic N) is 5. The van der Waals surface area contributed by atoms with Gasteiger partial charge in [-0.05, 0) is 36.1 Å². The van der Waals surface area contributed by atoms with Gasteiger partial charge in [-0.2, -0.15) is 10.1 Å². The van der Waals surface area contributed by atoms with E-state index < -0.39 is 0 Å². The van der Waals surface area contributed by atoms with Crippen molar-refractivity contribution in [2.45, 2.75) is 33.2 Å². The van der Waals surface area contributed by atoms with Crippen LogP contribution in [0.5, 0.6) is 0 Å². The molecule has 0 radical (unpaired) electrons. The average molecular weight is 361 g/mol. The summed E-state index contributed by atoms with van der Waals surface area (Å²) in [7, 11) is 1.66. The Kier molecular flexibility index (Phi) is 5.15. The maximum absolute atomic E-state index is 6.16. The highest BCUT2D eigenvalue weighted by Crippen LogP contribution is 2.30. The van der Waals surface area contributed by atoms with Crippen LogP contribution >= 0.6 is 11.6 Å². The van der Waals surface area contributed by atoms with Gasteiger partial charge in [0.2, 0.25) is 5.28 Å². The van der Waals surface area contributed by atoms with Crippen LogP contribution in [-0.4, -0.2) is 38.4 Å².